The van der Waals surface area contributed by atoms with Crippen LogP contribution in [0.4, 0.5) is 17.2 Å². The molecule has 0 atom stereocenters. The van der Waals surface area contributed by atoms with E-state index >= 15 is 0 Å². The van der Waals surface area contributed by atoms with Gasteiger partial charge in [-0.3, -0.25) is 4.79 Å². The minimum Gasteiger partial charge on any atom is -0.322 e. The third-order valence-electron chi connectivity index (χ3n) is 6.17. The molecular weight excluding hydrogens is 372 g/mol. The second-order valence-corrected chi connectivity index (χ2v) is 8.34. The third-order valence-corrected chi connectivity index (χ3v) is 6.17. The Labute approximate surface area is 175 Å². The Kier molecular flexibility index (Phi) is 4.74. The van der Waals surface area contributed by atoms with Crippen LogP contribution < -0.4 is 21.3 Å². The quantitative estimate of drug-likeness (QED) is 0.631. The number of hydrogen-bond acceptors (Lipinski definition) is 4. The van der Waals surface area contributed by atoms with Gasteiger partial charge >= 0.3 is 0 Å². The van der Waals surface area contributed by atoms with Crippen LogP contribution in [0.1, 0.15) is 41.5 Å². The molecule has 5 heteroatoms. The number of rotatable bonds is 0. The minimum atomic E-state index is -0.233. The number of fused-ring (bicyclic) bond motifs is 8. The van der Waals surface area contributed by atoms with E-state index in [2.05, 4.69) is 69.8 Å². The normalized spacial score (nSPS) is 15.7. The standard InChI is InChI=1S/C25H26N4O/c1-16-14-21-22-15-20(16)8-4-3-6-18-9-11-19(12-10-18)7-5-13-29(22)24-23(28-21)25(30)27-17(2)26-24/h9-12,14-15H,2-8,13H2,1H3,(H,27,30). The van der Waals surface area contributed by atoms with Gasteiger partial charge in [-0.1, -0.05) is 30.8 Å². The molecule has 2 aromatic carbocycles. The average Bonchev–Trinajstić information content (AvgIpc) is 2.73. The van der Waals surface area contributed by atoms with Gasteiger partial charge in [-0.25, -0.2) is 9.98 Å². The van der Waals surface area contributed by atoms with E-state index in [9.17, 15) is 4.79 Å². The molecule has 0 amide bonds. The summed E-state index contributed by atoms with van der Waals surface area (Å²) in [7, 11) is 0. The second-order valence-electron chi connectivity index (χ2n) is 8.34. The summed E-state index contributed by atoms with van der Waals surface area (Å²) in [6.07, 6.45) is 6.43. The van der Waals surface area contributed by atoms with Gasteiger partial charge in [-0.15, -0.1) is 0 Å². The number of aromatic nitrogens is 2. The van der Waals surface area contributed by atoms with Gasteiger partial charge in [0.25, 0.3) is 5.56 Å². The lowest BCUT2D eigenvalue weighted by atomic mass is 9.98. The first-order valence-corrected chi connectivity index (χ1v) is 10.8. The second kappa shape index (κ2) is 7.56. The minimum absolute atomic E-state index is 0.233. The largest absolute Gasteiger partial charge is 0.322 e. The molecule has 4 bridgehead atoms. The number of aryl methyl sites for hydroxylation is 4. The maximum atomic E-state index is 12.6. The van der Waals surface area contributed by atoms with E-state index < -0.39 is 0 Å². The van der Waals surface area contributed by atoms with Gasteiger partial charge in [0.1, 0.15) is 5.48 Å². The van der Waals surface area contributed by atoms with Gasteiger partial charge in [-0.2, -0.15) is 0 Å². The molecule has 30 heavy (non-hydrogen) atoms. The fraction of sp³-hybridized carbons (Fsp3) is 0.320. The van der Waals surface area contributed by atoms with E-state index in [-0.39, 0.29) is 5.56 Å². The zero-order valence-corrected chi connectivity index (χ0v) is 17.4. The van der Waals surface area contributed by atoms with Crippen molar-refractivity contribution in [2.45, 2.75) is 45.4 Å². The number of H-pyrrole nitrogens is 1. The van der Waals surface area contributed by atoms with Crippen LogP contribution in [-0.2, 0) is 19.3 Å². The van der Waals surface area contributed by atoms with Gasteiger partial charge in [-0.05, 0) is 79.8 Å². The Hall–Kier alpha value is -3.21. The molecule has 0 saturated heterocycles. The molecule has 0 radical (unpaired) electrons. The Morgan fingerprint density at radius 1 is 1.00 bits per heavy atom. The molecule has 0 unspecified atom stereocenters. The van der Waals surface area contributed by atoms with Crippen molar-refractivity contribution >= 4 is 23.8 Å². The highest BCUT2D eigenvalue weighted by Gasteiger charge is 2.23. The molecule has 5 nitrogen and oxygen atoms in total. The number of hydrogen-bond donors (Lipinski definition) is 1. The van der Waals surface area contributed by atoms with Gasteiger partial charge in [0.05, 0.1) is 11.4 Å². The molecule has 4 heterocycles. The fourth-order valence-corrected chi connectivity index (χ4v) is 4.51. The predicted molar refractivity (Wildman–Crippen MR) is 120 cm³/mol. The molecule has 0 spiro atoms. The van der Waals surface area contributed by atoms with Crippen LogP contribution in [0.3, 0.4) is 0 Å². The number of aromatic amines is 1. The van der Waals surface area contributed by atoms with Crippen LogP contribution in [0.25, 0.3) is 6.58 Å². The van der Waals surface area contributed by atoms with Crippen molar-refractivity contribution < 1.29 is 0 Å². The van der Waals surface area contributed by atoms with E-state index in [1.807, 2.05) is 0 Å². The Morgan fingerprint density at radius 2 is 1.70 bits per heavy atom. The number of nitrogens with one attached hydrogen (secondary N) is 1. The average molecular weight is 399 g/mol. The fourth-order valence-electron chi connectivity index (χ4n) is 4.51. The topological polar surface area (TPSA) is 61.4 Å². The highest BCUT2D eigenvalue weighted by Crippen LogP contribution is 2.37. The molecule has 152 valence electrons. The molecule has 0 aliphatic carbocycles. The maximum Gasteiger partial charge on any atom is 0.279 e. The number of nitrogens with zero attached hydrogens (tertiary/aromatic N) is 3. The van der Waals surface area contributed by atoms with Crippen LogP contribution in [0.15, 0.2) is 46.2 Å². The molecule has 3 aromatic rings. The van der Waals surface area contributed by atoms with E-state index in [0.29, 0.717) is 16.7 Å². The first kappa shape index (κ1) is 18.8. The zero-order valence-electron chi connectivity index (χ0n) is 17.4. The molecule has 1 N–H and O–H groups in total. The number of benzene rings is 2. The van der Waals surface area contributed by atoms with Crippen molar-refractivity contribution in [2.75, 3.05) is 11.4 Å². The maximum absolute atomic E-state index is 12.6. The highest BCUT2D eigenvalue weighted by atomic mass is 16.1. The van der Waals surface area contributed by atoms with Crippen LogP contribution in [0, 0.1) is 6.92 Å². The smallest absolute Gasteiger partial charge is 0.279 e. The highest BCUT2D eigenvalue weighted by molar-refractivity contribution is 5.77. The first-order chi connectivity index (χ1) is 14.6. The summed E-state index contributed by atoms with van der Waals surface area (Å²) < 4.78 is 0. The monoisotopic (exact) mass is 398 g/mol. The molecule has 6 rings (SSSR count). The van der Waals surface area contributed by atoms with Crippen LogP contribution in [0.2, 0.25) is 0 Å². The first-order valence-electron chi connectivity index (χ1n) is 10.8. The number of anilines is 2. The lowest BCUT2D eigenvalue weighted by Gasteiger charge is -2.29. The zero-order chi connectivity index (χ0) is 20.7. The summed E-state index contributed by atoms with van der Waals surface area (Å²) >= 11 is 0. The Bertz CT molecular complexity index is 1270. The summed E-state index contributed by atoms with van der Waals surface area (Å²) in [5, 5.41) is 0.379. The van der Waals surface area contributed by atoms with Crippen molar-refractivity contribution in [3.8, 4) is 0 Å². The van der Waals surface area contributed by atoms with E-state index in [1.165, 1.54) is 28.7 Å². The molecule has 0 fully saturated rings. The molecule has 1 aromatic heterocycles. The van der Waals surface area contributed by atoms with Crippen molar-refractivity contribution in [3.05, 3.63) is 79.8 Å². The van der Waals surface area contributed by atoms with E-state index in [4.69, 9.17) is 0 Å². The Morgan fingerprint density at radius 3 is 2.47 bits per heavy atom. The van der Waals surface area contributed by atoms with Crippen LogP contribution in [0.5, 0.6) is 0 Å². The Balaban J connectivity index is 1.64. The predicted octanol–water partition coefficient (Wildman–Crippen LogP) is 3.40. The van der Waals surface area contributed by atoms with Crippen molar-refractivity contribution in [1.82, 2.24) is 9.97 Å². The summed E-state index contributed by atoms with van der Waals surface area (Å²) in [4.78, 5) is 26.7. The lowest BCUT2D eigenvalue weighted by molar-refractivity contribution is 0.732. The third kappa shape index (κ3) is 3.45. The molecule has 0 saturated carbocycles. The SMILES string of the molecule is C=c1nc2c(c(=O)[nH]1)=Nc1cc(C)c3cc1N2CCCc1ccc(cc1)CCCC3. The van der Waals surface area contributed by atoms with Crippen molar-refractivity contribution in [2.24, 2.45) is 4.99 Å². The van der Waals surface area contributed by atoms with Crippen molar-refractivity contribution in [1.29, 1.82) is 0 Å². The lowest BCUT2D eigenvalue weighted by Crippen LogP contribution is -2.42. The van der Waals surface area contributed by atoms with Gasteiger partial charge in [0.15, 0.2) is 11.2 Å². The molecule has 3 aliphatic rings. The van der Waals surface area contributed by atoms with Gasteiger partial charge in [0, 0.05) is 6.54 Å². The van der Waals surface area contributed by atoms with Crippen LogP contribution >= 0.6 is 0 Å². The van der Waals surface area contributed by atoms with Crippen LogP contribution in [-0.4, -0.2) is 16.5 Å². The van der Waals surface area contributed by atoms with Crippen molar-refractivity contribution in [3.63, 3.8) is 0 Å². The molecular formula is C25H26N4O. The van der Waals surface area contributed by atoms with E-state index in [0.717, 1.165) is 50.0 Å². The van der Waals surface area contributed by atoms with Gasteiger partial charge < -0.3 is 9.88 Å². The van der Waals surface area contributed by atoms with E-state index in [1.54, 1.807) is 0 Å². The van der Waals surface area contributed by atoms with Gasteiger partial charge in [0.2, 0.25) is 0 Å². The summed E-state index contributed by atoms with van der Waals surface area (Å²) in [6, 6.07) is 13.4. The summed E-state index contributed by atoms with van der Waals surface area (Å²) in [6.45, 7) is 6.76. The summed E-state index contributed by atoms with van der Waals surface area (Å²) in [5.41, 5.74) is 7.37. The summed E-state index contributed by atoms with van der Waals surface area (Å²) in [5.74, 6) is 0.616. The molecule has 3 aliphatic heterocycles.